The van der Waals surface area contributed by atoms with Gasteiger partial charge in [-0.1, -0.05) is 55.2 Å². The van der Waals surface area contributed by atoms with Crippen molar-refractivity contribution in [1.82, 2.24) is 4.98 Å². The van der Waals surface area contributed by atoms with Crippen LogP contribution in [0.5, 0.6) is 11.5 Å². The van der Waals surface area contributed by atoms with E-state index < -0.39 is 54.5 Å². The molecule has 4 atom stereocenters. The zero-order valence-corrected chi connectivity index (χ0v) is 32.3. The fraction of sp³-hybridized carbons (Fsp3) is 0.410. The zero-order valence-electron chi connectivity index (χ0n) is 30.8. The van der Waals surface area contributed by atoms with E-state index in [1.54, 1.807) is 64.1 Å². The molecule has 1 aromatic heterocycles. The standard InChI is InChI=1S/C24H24ClF3N2O3.C15H18ClF3O3/c1-4-15(16-8-10-18(25)14(2)22(16)33-3)12-23(32,24(26,27)28)13-29-19-6-5-7-20-17(19)9-11-21(31)30-20;1-4-10(7-14(21,8-20)15(17,18)19)11-5-6-12(16)9(2)13(11)22-3/h5-11,13,15,32H,4,12H2,1-3H3,(H,30,31);5-6,8,10,21H,4,7H2,1-3H3. The number of aromatic amines is 1. The molecule has 0 fully saturated rings. The van der Waals surface area contributed by atoms with Crippen LogP contribution in [-0.2, 0) is 4.79 Å². The molecule has 0 radical (unpaired) electrons. The highest BCUT2D eigenvalue weighted by Gasteiger charge is 2.55. The molecule has 0 amide bonds. The lowest BCUT2D eigenvalue weighted by Crippen LogP contribution is -2.47. The van der Waals surface area contributed by atoms with E-state index in [2.05, 4.69) is 9.98 Å². The summed E-state index contributed by atoms with van der Waals surface area (Å²) in [6, 6.07) is 13.8. The van der Waals surface area contributed by atoms with Crippen LogP contribution >= 0.6 is 23.2 Å². The lowest BCUT2D eigenvalue weighted by molar-refractivity contribution is -0.247. The van der Waals surface area contributed by atoms with Crippen molar-refractivity contribution in [3.63, 3.8) is 0 Å². The van der Waals surface area contributed by atoms with Gasteiger partial charge in [0.2, 0.25) is 11.2 Å². The molecule has 0 spiro atoms. The molecule has 0 bridgehead atoms. The van der Waals surface area contributed by atoms with Gasteiger partial charge in [0.15, 0.2) is 11.9 Å². The molecule has 3 N–H and O–H groups in total. The number of nitrogens with one attached hydrogen (secondary N) is 1. The number of aldehydes is 1. The smallest absolute Gasteiger partial charge is 0.424 e. The normalized spacial score (nSPS) is 15.4. The maximum atomic E-state index is 14.1. The number of aromatic nitrogens is 1. The number of halogens is 8. The van der Waals surface area contributed by atoms with Gasteiger partial charge in [-0.2, -0.15) is 26.3 Å². The Morgan fingerprint density at radius 2 is 1.24 bits per heavy atom. The van der Waals surface area contributed by atoms with Crippen LogP contribution in [0.4, 0.5) is 32.0 Å². The zero-order chi connectivity index (χ0) is 41.5. The van der Waals surface area contributed by atoms with E-state index in [1.165, 1.54) is 32.4 Å². The number of alkyl halides is 6. The van der Waals surface area contributed by atoms with Crippen molar-refractivity contribution in [1.29, 1.82) is 0 Å². The van der Waals surface area contributed by atoms with Gasteiger partial charge >= 0.3 is 12.4 Å². The molecule has 55 heavy (non-hydrogen) atoms. The summed E-state index contributed by atoms with van der Waals surface area (Å²) in [5.41, 5.74) is -4.07. The van der Waals surface area contributed by atoms with Gasteiger partial charge in [-0.05, 0) is 92.8 Å². The minimum absolute atomic E-state index is 0.194. The van der Waals surface area contributed by atoms with Gasteiger partial charge in [0.25, 0.3) is 0 Å². The monoisotopic (exact) mass is 818 g/mol. The van der Waals surface area contributed by atoms with Crippen molar-refractivity contribution in [3.8, 4) is 11.5 Å². The molecule has 4 rings (SSSR count). The summed E-state index contributed by atoms with van der Waals surface area (Å²) in [4.78, 5) is 28.9. The van der Waals surface area contributed by atoms with Gasteiger partial charge in [0.05, 0.1) is 25.4 Å². The molecule has 16 heteroatoms. The quantitative estimate of drug-likeness (QED) is 0.0702. The second kappa shape index (κ2) is 18.2. The topological polar surface area (TPSA) is 121 Å². The summed E-state index contributed by atoms with van der Waals surface area (Å²) < 4.78 is 91.6. The van der Waals surface area contributed by atoms with E-state index >= 15 is 0 Å². The Hall–Kier alpha value is -4.11. The highest BCUT2D eigenvalue weighted by molar-refractivity contribution is 6.31. The van der Waals surface area contributed by atoms with Crippen LogP contribution in [0, 0.1) is 13.8 Å². The first kappa shape index (κ1) is 45.3. The molecule has 4 unspecified atom stereocenters. The number of hydrogen-bond donors (Lipinski definition) is 3. The van der Waals surface area contributed by atoms with Crippen LogP contribution in [0.3, 0.4) is 0 Å². The van der Waals surface area contributed by atoms with Gasteiger partial charge in [0.1, 0.15) is 11.5 Å². The van der Waals surface area contributed by atoms with E-state index in [4.69, 9.17) is 32.7 Å². The molecule has 0 aliphatic rings. The number of methoxy groups -OCH3 is 2. The lowest BCUT2D eigenvalue weighted by Gasteiger charge is -2.31. The predicted octanol–water partition coefficient (Wildman–Crippen LogP) is 10.1. The summed E-state index contributed by atoms with van der Waals surface area (Å²) in [5, 5.41) is 21.7. The van der Waals surface area contributed by atoms with Crippen molar-refractivity contribution in [2.75, 3.05) is 14.2 Å². The highest BCUT2D eigenvalue weighted by Crippen LogP contribution is 2.44. The molecule has 3 aromatic carbocycles. The van der Waals surface area contributed by atoms with Crippen LogP contribution < -0.4 is 15.0 Å². The number of benzene rings is 3. The van der Waals surface area contributed by atoms with Crippen LogP contribution in [0.2, 0.25) is 10.0 Å². The third-order valence-corrected chi connectivity index (χ3v) is 10.3. The van der Waals surface area contributed by atoms with E-state index in [0.29, 0.717) is 73.8 Å². The van der Waals surface area contributed by atoms with Crippen LogP contribution in [-0.4, -0.2) is 65.5 Å². The van der Waals surface area contributed by atoms with E-state index in [1.807, 2.05) is 0 Å². The molecule has 0 saturated carbocycles. The Balaban J connectivity index is 0.000000322. The number of carbonyl (C=O) groups is 1. The molecular weight excluding hydrogens is 777 g/mol. The maximum Gasteiger partial charge on any atom is 0.424 e. The summed E-state index contributed by atoms with van der Waals surface area (Å²) in [6.07, 6.45) is -10.7. The van der Waals surface area contributed by atoms with Crippen LogP contribution in [0.15, 0.2) is 64.4 Å². The molecular formula is C39H42Cl2F6N2O6. The minimum Gasteiger partial charge on any atom is -0.496 e. The van der Waals surface area contributed by atoms with Gasteiger partial charge in [-0.25, -0.2) is 0 Å². The molecule has 0 aliphatic carbocycles. The van der Waals surface area contributed by atoms with Crippen molar-refractivity contribution in [2.45, 2.75) is 88.8 Å². The van der Waals surface area contributed by atoms with Crippen molar-refractivity contribution < 1.29 is 50.8 Å². The number of fused-ring (bicyclic) bond motifs is 1. The van der Waals surface area contributed by atoms with Gasteiger partial charge in [-0.15, -0.1) is 0 Å². The van der Waals surface area contributed by atoms with Crippen molar-refractivity contribution in [3.05, 3.63) is 97.3 Å². The number of hydrogen-bond acceptors (Lipinski definition) is 7. The average molecular weight is 820 g/mol. The first-order chi connectivity index (χ1) is 25.6. The number of pyridine rings is 1. The SMILES string of the molecule is CCC(CC(O)(C=Nc1cccc2[nH]c(=O)ccc12)C(F)(F)F)c1ccc(Cl)c(C)c1OC.CCC(CC(O)(C=O)C(F)(F)F)c1ccc(Cl)c(C)c1OC. The molecule has 0 saturated heterocycles. The first-order valence-corrected chi connectivity index (χ1v) is 17.7. The fourth-order valence-electron chi connectivity index (χ4n) is 6.19. The molecule has 300 valence electrons. The molecule has 0 aliphatic heterocycles. The predicted molar refractivity (Wildman–Crippen MR) is 202 cm³/mol. The summed E-state index contributed by atoms with van der Waals surface area (Å²) in [5.74, 6) is -0.621. The van der Waals surface area contributed by atoms with Crippen molar-refractivity contribution in [2.24, 2.45) is 4.99 Å². The maximum absolute atomic E-state index is 14.1. The van der Waals surface area contributed by atoms with E-state index in [-0.39, 0.29) is 11.2 Å². The van der Waals surface area contributed by atoms with Crippen LogP contribution in [0.25, 0.3) is 10.9 Å². The Bertz CT molecular complexity index is 2050. The Morgan fingerprint density at radius 3 is 1.65 bits per heavy atom. The Kier molecular flexibility index (Phi) is 15.0. The van der Waals surface area contributed by atoms with Crippen LogP contribution in [0.1, 0.15) is 73.6 Å². The third-order valence-electron chi connectivity index (χ3n) is 9.47. The highest BCUT2D eigenvalue weighted by atomic mass is 35.5. The van der Waals surface area contributed by atoms with Gasteiger partial charge in [-0.3, -0.25) is 14.6 Å². The number of nitrogens with zero attached hydrogens (tertiary/aromatic N) is 1. The molecule has 4 aromatic rings. The van der Waals surface area contributed by atoms with Gasteiger partial charge in [0, 0.05) is 38.8 Å². The van der Waals surface area contributed by atoms with E-state index in [0.717, 1.165) is 0 Å². The molecule has 1 heterocycles. The number of carbonyl (C=O) groups excluding carboxylic acids is 1. The Morgan fingerprint density at radius 1 is 0.764 bits per heavy atom. The fourth-order valence-corrected chi connectivity index (χ4v) is 6.49. The number of aliphatic imine (C=N–C) groups is 1. The summed E-state index contributed by atoms with van der Waals surface area (Å²) >= 11 is 12.1. The van der Waals surface area contributed by atoms with Crippen molar-refractivity contribution >= 4 is 52.3 Å². The van der Waals surface area contributed by atoms with E-state index in [9.17, 15) is 46.1 Å². The van der Waals surface area contributed by atoms with Gasteiger partial charge < -0.3 is 24.7 Å². The largest absolute Gasteiger partial charge is 0.496 e. The number of aliphatic hydroxyl groups is 2. The number of ether oxygens (including phenoxy) is 2. The average Bonchev–Trinajstić information content (AvgIpc) is 3.13. The minimum atomic E-state index is -5.03. The first-order valence-electron chi connectivity index (χ1n) is 17.0. The number of rotatable bonds is 13. The Labute approximate surface area is 324 Å². The second-order valence-corrected chi connectivity index (χ2v) is 13.8. The summed E-state index contributed by atoms with van der Waals surface area (Å²) in [7, 11) is 2.82. The number of H-pyrrole nitrogens is 1. The lowest BCUT2D eigenvalue weighted by atomic mass is 9.83. The molecule has 8 nitrogen and oxygen atoms in total. The summed E-state index contributed by atoms with van der Waals surface area (Å²) in [6.45, 7) is 6.82. The second-order valence-electron chi connectivity index (χ2n) is 13.0. The third kappa shape index (κ3) is 10.2.